The highest BCUT2D eigenvalue weighted by atomic mass is 19.4. The lowest BCUT2D eigenvalue weighted by molar-refractivity contribution is -0.274. The van der Waals surface area contributed by atoms with Crippen LogP contribution in [-0.4, -0.2) is 36.1 Å². The third kappa shape index (κ3) is 6.34. The van der Waals surface area contributed by atoms with Gasteiger partial charge < -0.3 is 20.3 Å². The van der Waals surface area contributed by atoms with Gasteiger partial charge >= 0.3 is 12.9 Å². The molecule has 0 spiro atoms. The number of ether oxygens (including phenoxy) is 1. The molecule has 0 saturated carbocycles. The molecule has 2 rings (SSSR count). The Balaban J connectivity index is 2.79. The molecule has 0 aromatic heterocycles. The van der Waals surface area contributed by atoms with Crippen molar-refractivity contribution in [1.29, 1.82) is 0 Å². The monoisotopic (exact) mass is 472 g/mol. The summed E-state index contributed by atoms with van der Waals surface area (Å²) in [6.07, 6.45) is -6.08. The average molecular weight is 472 g/mol. The van der Waals surface area contributed by atoms with Crippen LogP contribution in [0.5, 0.6) is 5.75 Å². The first kappa shape index (κ1) is 25.9. The van der Waals surface area contributed by atoms with Crippen molar-refractivity contribution in [2.45, 2.75) is 39.4 Å². The molecule has 0 saturated heterocycles. The van der Waals surface area contributed by atoms with Crippen LogP contribution in [0.15, 0.2) is 30.3 Å². The first-order valence-electron chi connectivity index (χ1n) is 9.52. The maximum Gasteiger partial charge on any atom is 0.573 e. The lowest BCUT2D eigenvalue weighted by Gasteiger charge is -2.28. The third-order valence-corrected chi connectivity index (χ3v) is 4.63. The maximum absolute atomic E-state index is 13.9. The van der Waals surface area contributed by atoms with Gasteiger partial charge in [-0.05, 0) is 54.3 Å². The van der Waals surface area contributed by atoms with E-state index in [0.29, 0.717) is 22.4 Å². The smallest absolute Gasteiger partial charge is 0.406 e. The quantitative estimate of drug-likeness (QED) is 0.170. The average Bonchev–Trinajstić information content (AvgIpc) is 2.75. The van der Waals surface area contributed by atoms with Gasteiger partial charge in [0.1, 0.15) is 11.9 Å². The largest absolute Gasteiger partial charge is 0.573 e. The Hall–Kier alpha value is -3.36. The molecule has 3 N–H and O–H groups in total. The predicted octanol–water partition coefficient (Wildman–Crippen LogP) is 3.84. The van der Waals surface area contributed by atoms with Gasteiger partial charge in [-0.1, -0.05) is 18.1 Å². The van der Waals surface area contributed by atoms with E-state index in [9.17, 15) is 37.0 Å². The number of nitrogens with one attached hydrogen (secondary N) is 1. The number of aliphatic hydroxyl groups is 2. The van der Waals surface area contributed by atoms with Crippen molar-refractivity contribution in [2.75, 3.05) is 11.5 Å². The normalized spacial score (nSPS) is 12.1. The summed E-state index contributed by atoms with van der Waals surface area (Å²) in [4.78, 5) is 11.3. The minimum atomic E-state index is -4.88. The molecule has 1 amide bonds. The van der Waals surface area contributed by atoms with Crippen LogP contribution in [-0.2, 0) is 11.3 Å². The number of hydrogen-bond acceptors (Lipinski definition) is 5. The van der Waals surface area contributed by atoms with Crippen LogP contribution in [0.4, 0.5) is 27.6 Å². The van der Waals surface area contributed by atoms with E-state index in [0.717, 1.165) is 12.1 Å². The second-order valence-electron chi connectivity index (χ2n) is 6.75. The first-order valence-corrected chi connectivity index (χ1v) is 9.52. The van der Waals surface area contributed by atoms with Crippen molar-refractivity contribution in [1.82, 2.24) is 5.32 Å². The van der Waals surface area contributed by atoms with Crippen molar-refractivity contribution >= 4 is 12.1 Å². The zero-order valence-electron chi connectivity index (χ0n) is 17.6. The van der Waals surface area contributed by atoms with Gasteiger partial charge in [-0.3, -0.25) is 4.79 Å². The molecular formula is C22H21F5N2O4. The number of alkyl halides is 5. The van der Waals surface area contributed by atoms with E-state index in [1.807, 2.05) is 0 Å². The number of halogens is 5. The molecule has 2 aromatic rings. The van der Waals surface area contributed by atoms with Gasteiger partial charge in [-0.25, -0.2) is 4.90 Å². The SMILES string of the molecule is CC#CN(c1c(C)c(-c2ccc(OC(F)(F)F)cc2)cc(CNC=O)c1C(O)CO)C(F)F. The highest BCUT2D eigenvalue weighted by Gasteiger charge is 2.31. The van der Waals surface area contributed by atoms with Gasteiger partial charge in [0.25, 0.3) is 0 Å². The van der Waals surface area contributed by atoms with Crippen molar-refractivity contribution < 1.29 is 41.7 Å². The summed E-state index contributed by atoms with van der Waals surface area (Å²) in [5.41, 5.74) is 0.881. The van der Waals surface area contributed by atoms with Gasteiger partial charge in [0.15, 0.2) is 0 Å². The number of carbonyl (C=O) groups is 1. The molecule has 0 aliphatic heterocycles. The van der Waals surface area contributed by atoms with Crippen LogP contribution < -0.4 is 15.0 Å². The lowest BCUT2D eigenvalue weighted by Crippen LogP contribution is -2.28. The molecule has 33 heavy (non-hydrogen) atoms. The number of benzene rings is 2. The molecule has 0 bridgehead atoms. The van der Waals surface area contributed by atoms with Crippen LogP contribution in [0, 0.1) is 18.9 Å². The number of aliphatic hydroxyl groups excluding tert-OH is 2. The highest BCUT2D eigenvalue weighted by Crippen LogP contribution is 2.41. The zero-order valence-corrected chi connectivity index (χ0v) is 17.6. The molecule has 0 aliphatic rings. The van der Waals surface area contributed by atoms with Gasteiger partial charge in [0, 0.05) is 18.2 Å². The second-order valence-corrected chi connectivity index (χ2v) is 6.75. The zero-order chi connectivity index (χ0) is 24.8. The summed E-state index contributed by atoms with van der Waals surface area (Å²) in [6.45, 7) is -1.26. The Morgan fingerprint density at radius 3 is 2.36 bits per heavy atom. The minimum absolute atomic E-state index is 0.0619. The van der Waals surface area contributed by atoms with E-state index in [1.165, 1.54) is 32.0 Å². The van der Waals surface area contributed by atoms with Gasteiger partial charge in [-0.2, -0.15) is 8.78 Å². The maximum atomic E-state index is 13.9. The standard InChI is InChI=1S/C22H21F5N2O4/c1-3-8-29(21(23)24)20-13(2)17(9-15(10-28-12-31)19(20)18(32)11-30)14-4-6-16(7-5-14)33-22(25,26)27/h4-7,9,12,18,21,30,32H,10-11H2,1-2H3,(H,28,31). The molecular weight excluding hydrogens is 451 g/mol. The van der Waals surface area contributed by atoms with Crippen LogP contribution in [0.3, 0.4) is 0 Å². The topological polar surface area (TPSA) is 82.0 Å². The number of hydrogen-bond donors (Lipinski definition) is 3. The van der Waals surface area contributed by atoms with E-state index in [4.69, 9.17) is 0 Å². The summed E-state index contributed by atoms with van der Waals surface area (Å²) in [6, 6.07) is 8.51. The van der Waals surface area contributed by atoms with Crippen LogP contribution in [0.1, 0.15) is 29.7 Å². The van der Waals surface area contributed by atoms with Crippen molar-refractivity contribution in [2.24, 2.45) is 0 Å². The number of anilines is 1. The van der Waals surface area contributed by atoms with Crippen molar-refractivity contribution in [3.05, 3.63) is 47.0 Å². The van der Waals surface area contributed by atoms with Crippen molar-refractivity contribution in [3.8, 4) is 28.8 Å². The Morgan fingerprint density at radius 1 is 1.24 bits per heavy atom. The molecule has 1 unspecified atom stereocenters. The summed E-state index contributed by atoms with van der Waals surface area (Å²) in [5.74, 6) is 1.90. The first-order chi connectivity index (χ1) is 15.5. The highest BCUT2D eigenvalue weighted by molar-refractivity contribution is 5.80. The van der Waals surface area contributed by atoms with E-state index >= 15 is 0 Å². The Bertz CT molecular complexity index is 1030. The van der Waals surface area contributed by atoms with E-state index in [1.54, 1.807) is 0 Å². The number of nitrogens with zero attached hydrogens (tertiary/aromatic N) is 1. The number of amides is 1. The fourth-order valence-electron chi connectivity index (χ4n) is 3.37. The number of rotatable bonds is 9. The lowest BCUT2D eigenvalue weighted by atomic mass is 9.89. The molecule has 0 fully saturated rings. The summed E-state index contributed by atoms with van der Waals surface area (Å²) < 4.78 is 69.0. The molecule has 0 aliphatic carbocycles. The second kappa shape index (κ2) is 11.0. The summed E-state index contributed by atoms with van der Waals surface area (Å²) in [7, 11) is 0. The molecule has 11 heteroatoms. The van der Waals surface area contributed by atoms with E-state index in [2.05, 4.69) is 22.0 Å². The molecule has 2 aromatic carbocycles. The Kier molecular flexibility index (Phi) is 8.62. The fourth-order valence-corrected chi connectivity index (χ4v) is 3.37. The Morgan fingerprint density at radius 2 is 1.88 bits per heavy atom. The van der Waals surface area contributed by atoms with Crippen LogP contribution >= 0.6 is 0 Å². The molecule has 6 nitrogen and oxygen atoms in total. The van der Waals surface area contributed by atoms with E-state index in [-0.39, 0.29) is 28.9 Å². The van der Waals surface area contributed by atoms with E-state index < -0.39 is 31.4 Å². The number of carbonyl (C=O) groups excluding carboxylic acids is 1. The molecule has 1 atom stereocenters. The third-order valence-electron chi connectivity index (χ3n) is 4.63. The van der Waals surface area contributed by atoms with Crippen molar-refractivity contribution in [3.63, 3.8) is 0 Å². The van der Waals surface area contributed by atoms with Gasteiger partial charge in [0.2, 0.25) is 6.41 Å². The Labute approximate surface area is 186 Å². The summed E-state index contributed by atoms with van der Waals surface area (Å²) >= 11 is 0. The van der Waals surface area contributed by atoms with Crippen LogP contribution in [0.2, 0.25) is 0 Å². The minimum Gasteiger partial charge on any atom is -0.406 e. The van der Waals surface area contributed by atoms with Gasteiger partial charge in [-0.15, -0.1) is 13.2 Å². The van der Waals surface area contributed by atoms with Crippen LogP contribution in [0.25, 0.3) is 11.1 Å². The molecule has 0 radical (unpaired) electrons. The predicted molar refractivity (Wildman–Crippen MR) is 110 cm³/mol. The fraction of sp³-hybridized carbons (Fsp3) is 0.318. The summed E-state index contributed by atoms with van der Waals surface area (Å²) in [5, 5.41) is 22.3. The molecule has 0 heterocycles. The van der Waals surface area contributed by atoms with Gasteiger partial charge in [0.05, 0.1) is 12.3 Å². The molecule has 178 valence electrons.